The first-order valence-electron chi connectivity index (χ1n) is 16.3. The Labute approximate surface area is 324 Å². The summed E-state index contributed by atoms with van der Waals surface area (Å²) in [4.78, 5) is 18.1. The molecule has 6 rings (SSSR count). The summed E-state index contributed by atoms with van der Waals surface area (Å²) in [6.07, 6.45) is 3.79. The molecule has 0 saturated heterocycles. The molecule has 0 N–H and O–H groups in total. The molecule has 52 heavy (non-hydrogen) atoms. The van der Waals surface area contributed by atoms with Crippen molar-refractivity contribution in [1.29, 1.82) is 0 Å². The molecule has 266 valence electrons. The standard InChI is InChI=1S/C42H36Cl4N2O4/c1-47(2)29-15-7-25(8-16-29)33(27-11-19-31(50-5)20-12-27)23-42(36-35(41(49)52-42)37(43)39(45)40(46)38(36)44)24-34(28-13-21-32(51-6)22-14-28)26-9-17-30(18-10-26)48(3)4/h7-24H,1-6H3. The van der Waals surface area contributed by atoms with E-state index in [4.69, 9.17) is 60.6 Å². The van der Waals surface area contributed by atoms with Gasteiger partial charge in [-0.2, -0.15) is 0 Å². The van der Waals surface area contributed by atoms with Crippen LogP contribution in [0.3, 0.4) is 0 Å². The van der Waals surface area contributed by atoms with E-state index in [1.54, 1.807) is 14.2 Å². The van der Waals surface area contributed by atoms with E-state index < -0.39 is 11.6 Å². The van der Waals surface area contributed by atoms with Crippen LogP contribution < -0.4 is 19.3 Å². The van der Waals surface area contributed by atoms with Gasteiger partial charge in [0.25, 0.3) is 0 Å². The molecule has 0 saturated carbocycles. The van der Waals surface area contributed by atoms with Crippen LogP contribution in [0.5, 0.6) is 11.5 Å². The second-order valence-electron chi connectivity index (χ2n) is 12.6. The van der Waals surface area contributed by atoms with E-state index in [0.29, 0.717) is 11.5 Å². The number of rotatable bonds is 10. The lowest BCUT2D eigenvalue weighted by Gasteiger charge is -2.27. The monoisotopic (exact) mass is 772 g/mol. The maximum atomic E-state index is 14.1. The number of esters is 1. The Hall–Kier alpha value is -4.59. The molecule has 0 amide bonds. The largest absolute Gasteiger partial charge is 0.497 e. The van der Waals surface area contributed by atoms with E-state index in [0.717, 1.165) is 44.8 Å². The molecule has 5 aromatic rings. The third kappa shape index (κ3) is 7.09. The molecular weight excluding hydrogens is 738 g/mol. The second-order valence-corrected chi connectivity index (χ2v) is 14.2. The Bertz CT molecular complexity index is 2060. The second kappa shape index (κ2) is 15.2. The van der Waals surface area contributed by atoms with Gasteiger partial charge >= 0.3 is 5.97 Å². The number of cyclic esters (lactones) is 1. The summed E-state index contributed by atoms with van der Waals surface area (Å²) in [6, 6.07) is 31.5. The Morgan fingerprint density at radius 2 is 0.904 bits per heavy atom. The molecule has 0 radical (unpaired) electrons. The van der Waals surface area contributed by atoms with Crippen LogP contribution in [0.1, 0.15) is 38.2 Å². The Kier molecular flexibility index (Phi) is 10.8. The highest BCUT2D eigenvalue weighted by Crippen LogP contribution is 2.53. The number of hydrogen-bond donors (Lipinski definition) is 0. The van der Waals surface area contributed by atoms with Gasteiger partial charge in [0.1, 0.15) is 11.5 Å². The van der Waals surface area contributed by atoms with E-state index in [2.05, 4.69) is 0 Å². The Morgan fingerprint density at radius 1 is 0.558 bits per heavy atom. The highest BCUT2D eigenvalue weighted by molar-refractivity contribution is 6.53. The molecule has 10 heteroatoms. The third-order valence-corrected chi connectivity index (χ3v) is 10.8. The number of benzene rings is 5. The molecule has 1 heterocycles. The van der Waals surface area contributed by atoms with Gasteiger partial charge in [-0.15, -0.1) is 0 Å². The predicted octanol–water partition coefficient (Wildman–Crippen LogP) is 11.1. The minimum Gasteiger partial charge on any atom is -0.497 e. The summed E-state index contributed by atoms with van der Waals surface area (Å²) in [5.74, 6) is 0.692. The van der Waals surface area contributed by atoms with Crippen molar-refractivity contribution in [2.45, 2.75) is 5.60 Å². The van der Waals surface area contributed by atoms with E-state index in [-0.39, 0.29) is 31.2 Å². The smallest absolute Gasteiger partial charge is 0.341 e. The van der Waals surface area contributed by atoms with E-state index in [1.807, 2.05) is 147 Å². The van der Waals surface area contributed by atoms with Gasteiger partial charge in [-0.05, 0) is 94.1 Å². The van der Waals surface area contributed by atoms with Crippen LogP contribution in [-0.2, 0) is 10.3 Å². The molecule has 0 aromatic heterocycles. The summed E-state index contributed by atoms with van der Waals surface area (Å²) in [7, 11) is 11.2. The van der Waals surface area contributed by atoms with Crippen molar-refractivity contribution in [2.75, 3.05) is 52.2 Å². The number of halogens is 4. The van der Waals surface area contributed by atoms with Gasteiger partial charge in [-0.25, -0.2) is 4.79 Å². The van der Waals surface area contributed by atoms with Crippen LogP contribution in [0.15, 0.2) is 109 Å². The van der Waals surface area contributed by atoms with Crippen LogP contribution in [0.4, 0.5) is 11.4 Å². The van der Waals surface area contributed by atoms with Crippen molar-refractivity contribution in [3.63, 3.8) is 0 Å². The molecule has 0 atom stereocenters. The fourth-order valence-electron chi connectivity index (χ4n) is 6.21. The Morgan fingerprint density at radius 3 is 1.25 bits per heavy atom. The molecule has 5 aromatic carbocycles. The maximum Gasteiger partial charge on any atom is 0.341 e. The third-order valence-electron chi connectivity index (χ3n) is 9.03. The number of ether oxygens (including phenoxy) is 3. The lowest BCUT2D eigenvalue weighted by Crippen LogP contribution is -2.23. The number of carbonyl (C=O) groups is 1. The number of hydrogen-bond acceptors (Lipinski definition) is 6. The zero-order valence-corrected chi connectivity index (χ0v) is 32.5. The summed E-state index contributed by atoms with van der Waals surface area (Å²) >= 11 is 27.2. The minimum atomic E-state index is -1.63. The van der Waals surface area contributed by atoms with Gasteiger partial charge in [0.2, 0.25) is 0 Å². The normalized spacial score (nSPS) is 15.6. The number of anilines is 2. The van der Waals surface area contributed by atoms with Crippen molar-refractivity contribution in [3.05, 3.63) is 163 Å². The minimum absolute atomic E-state index is 0.0132. The van der Waals surface area contributed by atoms with Crippen molar-refractivity contribution >= 4 is 74.9 Å². The fourth-order valence-corrected chi connectivity index (χ4v) is 7.28. The average Bonchev–Trinajstić information content (AvgIpc) is 3.45. The maximum absolute atomic E-state index is 14.1. The summed E-state index contributed by atoms with van der Waals surface area (Å²) in [6.45, 7) is 0. The summed E-state index contributed by atoms with van der Waals surface area (Å²) in [5.41, 5.74) is 5.61. The van der Waals surface area contributed by atoms with Crippen LogP contribution in [0.2, 0.25) is 20.1 Å². The first-order chi connectivity index (χ1) is 24.9. The average molecular weight is 775 g/mol. The van der Waals surface area contributed by atoms with Gasteiger partial charge in [-0.1, -0.05) is 94.9 Å². The van der Waals surface area contributed by atoms with Gasteiger partial charge in [0.15, 0.2) is 5.60 Å². The van der Waals surface area contributed by atoms with Crippen molar-refractivity contribution in [2.24, 2.45) is 0 Å². The van der Waals surface area contributed by atoms with Crippen molar-refractivity contribution in [1.82, 2.24) is 0 Å². The highest BCUT2D eigenvalue weighted by atomic mass is 35.5. The van der Waals surface area contributed by atoms with E-state index >= 15 is 0 Å². The van der Waals surface area contributed by atoms with Crippen LogP contribution >= 0.6 is 46.4 Å². The van der Waals surface area contributed by atoms with Crippen molar-refractivity contribution in [3.8, 4) is 11.5 Å². The molecule has 0 spiro atoms. The molecule has 1 aliphatic heterocycles. The molecule has 1 aliphatic rings. The Balaban J connectivity index is 1.74. The summed E-state index contributed by atoms with van der Waals surface area (Å²) in [5, 5.41) is -0.00257. The molecule has 0 bridgehead atoms. The SMILES string of the molecule is COc1ccc(C(=CC2(C=C(c3ccc(OC)cc3)c3ccc(N(C)C)cc3)OC(=O)c3c(Cl)c(Cl)c(Cl)c(Cl)c32)c2ccc(N(C)C)cc2)cc1. The number of methoxy groups -OCH3 is 2. The van der Waals surface area contributed by atoms with E-state index in [1.165, 1.54) is 0 Å². The van der Waals surface area contributed by atoms with E-state index in [9.17, 15) is 4.79 Å². The molecule has 6 nitrogen and oxygen atoms in total. The number of fused-ring (bicyclic) bond motifs is 1. The topological polar surface area (TPSA) is 51.2 Å². The van der Waals surface area contributed by atoms with Crippen LogP contribution in [0, 0.1) is 0 Å². The summed E-state index contributed by atoms with van der Waals surface area (Å²) < 4.78 is 17.5. The predicted molar refractivity (Wildman–Crippen MR) is 215 cm³/mol. The van der Waals surface area contributed by atoms with Crippen LogP contribution in [-0.4, -0.2) is 48.4 Å². The lowest BCUT2D eigenvalue weighted by molar-refractivity contribution is 0.0300. The molecule has 0 aliphatic carbocycles. The van der Waals surface area contributed by atoms with Gasteiger partial charge in [-0.3, -0.25) is 0 Å². The van der Waals surface area contributed by atoms with Crippen molar-refractivity contribution < 1.29 is 19.0 Å². The molecule has 0 fully saturated rings. The molecule has 0 unspecified atom stereocenters. The van der Waals surface area contributed by atoms with Gasteiger partial charge in [0.05, 0.1) is 39.9 Å². The number of nitrogens with zero attached hydrogens (tertiary/aromatic N) is 2. The fraction of sp³-hybridized carbons (Fsp3) is 0.167. The highest BCUT2D eigenvalue weighted by Gasteiger charge is 2.48. The lowest BCUT2D eigenvalue weighted by atomic mass is 9.83. The number of carbonyl (C=O) groups excluding carboxylic acids is 1. The molecular formula is C42H36Cl4N2O4. The zero-order valence-electron chi connectivity index (χ0n) is 29.4. The first kappa shape index (κ1) is 37.2. The first-order valence-corrected chi connectivity index (χ1v) is 17.8. The van der Waals surface area contributed by atoms with Gasteiger partial charge in [0, 0.05) is 45.1 Å². The van der Waals surface area contributed by atoms with Crippen LogP contribution in [0.25, 0.3) is 11.1 Å². The zero-order chi connectivity index (χ0) is 37.3. The quantitative estimate of drug-likeness (QED) is 0.0800. The van der Waals surface area contributed by atoms with Gasteiger partial charge < -0.3 is 24.0 Å².